The van der Waals surface area contributed by atoms with E-state index in [0.29, 0.717) is 11.3 Å². The number of nitrogens with two attached hydrogens (primary N) is 1. The van der Waals surface area contributed by atoms with E-state index in [1.807, 2.05) is 0 Å². The zero-order valence-electron chi connectivity index (χ0n) is 11.4. The van der Waals surface area contributed by atoms with E-state index in [-0.39, 0.29) is 17.3 Å². The monoisotopic (exact) mass is 305 g/mol. The first-order valence-corrected chi connectivity index (χ1v) is 7.74. The Hall–Kier alpha value is -2.25. The zero-order chi connectivity index (χ0) is 15.5. The number of aryl methyl sites for hydroxylation is 1. The third-order valence-electron chi connectivity index (χ3n) is 2.90. The molecule has 0 radical (unpaired) electrons. The normalized spacial score (nSPS) is 11.1. The van der Waals surface area contributed by atoms with Crippen LogP contribution in [0.3, 0.4) is 0 Å². The number of hydrogen-bond acceptors (Lipinski definition) is 4. The summed E-state index contributed by atoms with van der Waals surface area (Å²) >= 11 is 0. The van der Waals surface area contributed by atoms with Crippen molar-refractivity contribution in [1.29, 1.82) is 0 Å². The highest BCUT2D eigenvalue weighted by Crippen LogP contribution is 2.10. The van der Waals surface area contributed by atoms with Crippen molar-refractivity contribution in [2.45, 2.75) is 18.4 Å². The van der Waals surface area contributed by atoms with Gasteiger partial charge in [0.1, 0.15) is 5.69 Å². The number of hydrogen-bond donors (Lipinski definition) is 2. The molecule has 0 aliphatic rings. The van der Waals surface area contributed by atoms with E-state index in [2.05, 4.69) is 10.3 Å². The van der Waals surface area contributed by atoms with Gasteiger partial charge in [-0.25, -0.2) is 13.6 Å². The standard InChI is InChI=1S/C14H15N3O3S/c1-10-4-3-7-16-13(10)14(18)17-9-11-5-2-6-12(8-11)21(15,19)20/h2-8H,9H2,1H3,(H,17,18)(H2,15,19,20). The fourth-order valence-electron chi connectivity index (χ4n) is 1.82. The quantitative estimate of drug-likeness (QED) is 0.878. The van der Waals surface area contributed by atoms with Crippen LogP contribution in [0.15, 0.2) is 47.5 Å². The second-order valence-electron chi connectivity index (χ2n) is 4.54. The number of aromatic nitrogens is 1. The lowest BCUT2D eigenvalue weighted by Gasteiger charge is -2.07. The number of amides is 1. The second kappa shape index (κ2) is 6.02. The number of carbonyl (C=O) groups excluding carboxylic acids is 1. The van der Waals surface area contributed by atoms with E-state index in [1.165, 1.54) is 12.1 Å². The minimum atomic E-state index is -3.75. The van der Waals surface area contributed by atoms with Crippen LogP contribution in [0.5, 0.6) is 0 Å². The van der Waals surface area contributed by atoms with E-state index in [4.69, 9.17) is 5.14 Å². The van der Waals surface area contributed by atoms with Gasteiger partial charge in [-0.05, 0) is 36.2 Å². The molecule has 7 heteroatoms. The average molecular weight is 305 g/mol. The summed E-state index contributed by atoms with van der Waals surface area (Å²) in [5.41, 5.74) is 1.76. The first-order chi connectivity index (χ1) is 9.88. The smallest absolute Gasteiger partial charge is 0.270 e. The van der Waals surface area contributed by atoms with Crippen LogP contribution in [0.1, 0.15) is 21.6 Å². The Bertz CT molecular complexity index is 773. The molecule has 1 amide bonds. The Morgan fingerprint density at radius 2 is 2.05 bits per heavy atom. The lowest BCUT2D eigenvalue weighted by Crippen LogP contribution is -2.24. The summed E-state index contributed by atoms with van der Waals surface area (Å²) in [4.78, 5) is 16.0. The molecule has 0 unspecified atom stereocenters. The summed E-state index contributed by atoms with van der Waals surface area (Å²) in [6.07, 6.45) is 1.55. The molecule has 0 spiro atoms. The van der Waals surface area contributed by atoms with Gasteiger partial charge in [0, 0.05) is 12.7 Å². The average Bonchev–Trinajstić information content (AvgIpc) is 2.45. The van der Waals surface area contributed by atoms with Gasteiger partial charge >= 0.3 is 0 Å². The van der Waals surface area contributed by atoms with E-state index in [9.17, 15) is 13.2 Å². The lowest BCUT2D eigenvalue weighted by atomic mass is 10.2. The maximum absolute atomic E-state index is 12.0. The molecule has 0 bridgehead atoms. The van der Waals surface area contributed by atoms with E-state index in [0.717, 1.165) is 5.56 Å². The largest absolute Gasteiger partial charge is 0.347 e. The summed E-state index contributed by atoms with van der Waals surface area (Å²) in [7, 11) is -3.75. The van der Waals surface area contributed by atoms with Crippen molar-refractivity contribution < 1.29 is 13.2 Å². The van der Waals surface area contributed by atoms with Gasteiger partial charge in [0.15, 0.2) is 0 Å². The summed E-state index contributed by atoms with van der Waals surface area (Å²) in [5.74, 6) is -0.311. The molecule has 0 saturated carbocycles. The van der Waals surface area contributed by atoms with Gasteiger partial charge < -0.3 is 5.32 Å². The summed E-state index contributed by atoms with van der Waals surface area (Å²) in [6.45, 7) is 1.99. The second-order valence-corrected chi connectivity index (χ2v) is 6.11. The SMILES string of the molecule is Cc1cccnc1C(=O)NCc1cccc(S(N)(=O)=O)c1. The molecule has 0 saturated heterocycles. The highest BCUT2D eigenvalue weighted by molar-refractivity contribution is 7.89. The number of benzene rings is 1. The number of pyridine rings is 1. The number of nitrogens with zero attached hydrogens (tertiary/aromatic N) is 1. The third-order valence-corrected chi connectivity index (χ3v) is 3.82. The highest BCUT2D eigenvalue weighted by atomic mass is 32.2. The molecular formula is C14H15N3O3S. The Balaban J connectivity index is 2.11. The molecule has 0 atom stereocenters. The van der Waals surface area contributed by atoms with Crippen molar-refractivity contribution in [2.75, 3.05) is 0 Å². The van der Waals surface area contributed by atoms with E-state index < -0.39 is 10.0 Å². The topological polar surface area (TPSA) is 102 Å². The highest BCUT2D eigenvalue weighted by Gasteiger charge is 2.11. The Morgan fingerprint density at radius 1 is 1.29 bits per heavy atom. The molecule has 3 N–H and O–H groups in total. The maximum Gasteiger partial charge on any atom is 0.270 e. The fraction of sp³-hybridized carbons (Fsp3) is 0.143. The van der Waals surface area contributed by atoms with E-state index >= 15 is 0 Å². The molecular weight excluding hydrogens is 290 g/mol. The van der Waals surface area contributed by atoms with Gasteiger partial charge in [-0.15, -0.1) is 0 Å². The first-order valence-electron chi connectivity index (χ1n) is 6.19. The van der Waals surface area contributed by atoms with Crippen LogP contribution in [0.25, 0.3) is 0 Å². The van der Waals surface area contributed by atoms with Crippen LogP contribution in [-0.4, -0.2) is 19.3 Å². The molecule has 0 aliphatic heterocycles. The van der Waals surface area contributed by atoms with Crippen LogP contribution in [0.4, 0.5) is 0 Å². The van der Waals surface area contributed by atoms with Crippen LogP contribution < -0.4 is 10.5 Å². The van der Waals surface area contributed by atoms with Crippen LogP contribution in [-0.2, 0) is 16.6 Å². The van der Waals surface area contributed by atoms with Gasteiger partial charge in [0.05, 0.1) is 4.90 Å². The Morgan fingerprint density at radius 3 is 2.71 bits per heavy atom. The zero-order valence-corrected chi connectivity index (χ0v) is 12.2. The molecule has 1 aromatic carbocycles. The molecule has 2 rings (SSSR count). The predicted molar refractivity (Wildman–Crippen MR) is 78.0 cm³/mol. The molecule has 1 aromatic heterocycles. The summed E-state index contributed by atoms with van der Waals surface area (Å²) in [6, 6.07) is 9.67. The number of nitrogens with one attached hydrogen (secondary N) is 1. The van der Waals surface area contributed by atoms with Crippen LogP contribution in [0, 0.1) is 6.92 Å². The number of sulfonamides is 1. The minimum Gasteiger partial charge on any atom is -0.347 e. The predicted octanol–water partition coefficient (Wildman–Crippen LogP) is 0.967. The molecule has 2 aromatic rings. The van der Waals surface area contributed by atoms with Gasteiger partial charge in [0.25, 0.3) is 5.91 Å². The van der Waals surface area contributed by atoms with E-state index in [1.54, 1.807) is 37.4 Å². The summed E-state index contributed by atoms with van der Waals surface area (Å²) < 4.78 is 22.5. The van der Waals surface area contributed by atoms with Crippen molar-refractivity contribution in [2.24, 2.45) is 5.14 Å². The first kappa shape index (κ1) is 15.1. The molecule has 0 fully saturated rings. The van der Waals surface area contributed by atoms with Crippen molar-refractivity contribution in [3.63, 3.8) is 0 Å². The number of carbonyl (C=O) groups is 1. The number of rotatable bonds is 4. The molecule has 21 heavy (non-hydrogen) atoms. The molecule has 1 heterocycles. The molecule has 0 aliphatic carbocycles. The van der Waals surface area contributed by atoms with Crippen molar-refractivity contribution >= 4 is 15.9 Å². The van der Waals surface area contributed by atoms with Crippen LogP contribution >= 0.6 is 0 Å². The van der Waals surface area contributed by atoms with Crippen LogP contribution in [0.2, 0.25) is 0 Å². The lowest BCUT2D eigenvalue weighted by molar-refractivity contribution is 0.0945. The number of primary sulfonamides is 1. The Labute approximate surface area is 123 Å². The molecule has 110 valence electrons. The van der Waals surface area contributed by atoms with Crippen molar-refractivity contribution in [3.05, 3.63) is 59.4 Å². The third kappa shape index (κ3) is 3.87. The molecule has 6 nitrogen and oxygen atoms in total. The minimum absolute atomic E-state index is 0.0169. The Kier molecular flexibility index (Phi) is 4.35. The van der Waals surface area contributed by atoms with Crippen molar-refractivity contribution in [1.82, 2.24) is 10.3 Å². The maximum atomic E-state index is 12.0. The van der Waals surface area contributed by atoms with Gasteiger partial charge in [-0.2, -0.15) is 0 Å². The fourth-order valence-corrected chi connectivity index (χ4v) is 2.41. The summed E-state index contributed by atoms with van der Waals surface area (Å²) in [5, 5.41) is 7.77. The van der Waals surface area contributed by atoms with Gasteiger partial charge in [0.2, 0.25) is 10.0 Å². The van der Waals surface area contributed by atoms with Gasteiger partial charge in [-0.3, -0.25) is 9.78 Å². The van der Waals surface area contributed by atoms with Crippen molar-refractivity contribution in [3.8, 4) is 0 Å². The van der Waals surface area contributed by atoms with Gasteiger partial charge in [-0.1, -0.05) is 18.2 Å².